The molecular weight excluding hydrogens is 286 g/mol. The van der Waals surface area contributed by atoms with E-state index in [1.165, 1.54) is 20.0 Å². The van der Waals surface area contributed by atoms with Crippen molar-refractivity contribution in [1.82, 2.24) is 10.2 Å². The summed E-state index contributed by atoms with van der Waals surface area (Å²) in [7, 11) is -4.09. The molecule has 3 N–H and O–H groups in total. The van der Waals surface area contributed by atoms with E-state index in [0.717, 1.165) is 0 Å². The fourth-order valence-corrected chi connectivity index (χ4v) is 3.37. The highest BCUT2D eigenvalue weighted by Crippen LogP contribution is 2.28. The number of carboxylic acids is 1. The van der Waals surface area contributed by atoms with Gasteiger partial charge in [-0.2, -0.15) is 5.10 Å². The molecule has 0 atom stereocenters. The number of hydrogen-bond donors (Lipinski definition) is 3. The Bertz CT molecular complexity index is 772. The van der Waals surface area contributed by atoms with Gasteiger partial charge in [0.2, 0.25) is 0 Å². The normalized spacial score (nSPS) is 11.6. The fourth-order valence-electron chi connectivity index (χ4n) is 1.87. The van der Waals surface area contributed by atoms with Gasteiger partial charge in [-0.3, -0.25) is 9.82 Å². The molecule has 0 aliphatic heterocycles. The van der Waals surface area contributed by atoms with Crippen LogP contribution in [0.5, 0.6) is 0 Å². The van der Waals surface area contributed by atoms with Crippen molar-refractivity contribution in [1.29, 1.82) is 0 Å². The Morgan fingerprint density at radius 3 is 2.50 bits per heavy atom. The minimum absolute atomic E-state index is 0.0181. The summed E-state index contributed by atoms with van der Waals surface area (Å²) < 4.78 is 32.0. The number of nitrogens with one attached hydrogen (secondary N) is 2. The van der Waals surface area contributed by atoms with Crippen LogP contribution in [0.25, 0.3) is 0 Å². The first kappa shape index (κ1) is 14.1. The molecule has 0 bridgehead atoms. The number of carbonyl (C=O) groups is 1. The molecule has 0 aliphatic carbocycles. The number of aromatic nitrogens is 2. The van der Waals surface area contributed by atoms with Gasteiger partial charge in [-0.05, 0) is 20.8 Å². The van der Waals surface area contributed by atoms with Crippen LogP contribution in [0.3, 0.4) is 0 Å². The molecule has 0 spiro atoms. The zero-order chi connectivity index (χ0) is 15.1. The number of carboxylic acid groups (broad SMARTS) is 1. The fraction of sp³-hybridized carbons (Fsp3) is 0.273. The number of rotatable bonds is 4. The average molecular weight is 299 g/mol. The van der Waals surface area contributed by atoms with Crippen LogP contribution < -0.4 is 4.72 Å². The number of hydrogen-bond acceptors (Lipinski definition) is 5. The van der Waals surface area contributed by atoms with E-state index in [-0.39, 0.29) is 27.8 Å². The first-order chi connectivity index (χ1) is 9.24. The Morgan fingerprint density at radius 1 is 1.35 bits per heavy atom. The van der Waals surface area contributed by atoms with Gasteiger partial charge in [0.05, 0.1) is 6.20 Å². The number of nitrogens with zero attached hydrogens (tertiary/aromatic N) is 1. The van der Waals surface area contributed by atoms with E-state index in [1.807, 2.05) is 0 Å². The van der Waals surface area contributed by atoms with Gasteiger partial charge in [0.1, 0.15) is 27.8 Å². The van der Waals surface area contributed by atoms with E-state index in [2.05, 4.69) is 14.9 Å². The summed E-state index contributed by atoms with van der Waals surface area (Å²) in [4.78, 5) is 10.8. The number of sulfonamides is 1. The van der Waals surface area contributed by atoms with Crippen LogP contribution in [0.1, 0.15) is 27.4 Å². The Hall–Kier alpha value is -2.29. The molecule has 0 unspecified atom stereocenters. The van der Waals surface area contributed by atoms with Gasteiger partial charge in [-0.25, -0.2) is 13.2 Å². The van der Waals surface area contributed by atoms with Crippen molar-refractivity contribution in [2.75, 3.05) is 4.72 Å². The molecule has 0 saturated heterocycles. The quantitative estimate of drug-likeness (QED) is 0.784. The lowest BCUT2D eigenvalue weighted by atomic mass is 10.2. The molecule has 2 rings (SSSR count). The number of aromatic amines is 1. The molecule has 0 fully saturated rings. The molecule has 2 aromatic rings. The van der Waals surface area contributed by atoms with Crippen LogP contribution in [0.2, 0.25) is 0 Å². The second-order valence-corrected chi connectivity index (χ2v) is 5.88. The zero-order valence-electron chi connectivity index (χ0n) is 11.0. The van der Waals surface area contributed by atoms with Gasteiger partial charge < -0.3 is 9.52 Å². The molecular formula is C11H13N3O5S. The third-order valence-electron chi connectivity index (χ3n) is 2.75. The van der Waals surface area contributed by atoms with E-state index in [1.54, 1.807) is 6.92 Å². The van der Waals surface area contributed by atoms with Crippen molar-refractivity contribution < 1.29 is 22.7 Å². The molecule has 2 heterocycles. The third kappa shape index (κ3) is 2.27. The summed E-state index contributed by atoms with van der Waals surface area (Å²) in [5.74, 6) is -1.12. The predicted molar refractivity (Wildman–Crippen MR) is 69.3 cm³/mol. The van der Waals surface area contributed by atoms with Crippen LogP contribution in [0.4, 0.5) is 5.82 Å². The topological polar surface area (TPSA) is 125 Å². The Morgan fingerprint density at radius 2 is 2.00 bits per heavy atom. The summed E-state index contributed by atoms with van der Waals surface area (Å²) in [6.45, 7) is 4.46. The third-order valence-corrected chi connectivity index (χ3v) is 4.25. The second-order valence-electron chi connectivity index (χ2n) is 4.26. The van der Waals surface area contributed by atoms with Crippen LogP contribution in [0, 0.1) is 20.8 Å². The SMILES string of the molecule is Cc1cn[nH]c1NS(=O)(=O)c1c(C)oc(C)c1C(=O)O. The van der Waals surface area contributed by atoms with Gasteiger partial charge in [0.15, 0.2) is 0 Å². The highest BCUT2D eigenvalue weighted by atomic mass is 32.2. The Labute approximate surface area is 114 Å². The second kappa shape index (κ2) is 4.67. The summed E-state index contributed by atoms with van der Waals surface area (Å²) in [5, 5.41) is 15.3. The maximum absolute atomic E-state index is 12.3. The van der Waals surface area contributed by atoms with Crippen molar-refractivity contribution >= 4 is 21.8 Å². The van der Waals surface area contributed by atoms with Gasteiger partial charge in [-0.15, -0.1) is 0 Å². The number of H-pyrrole nitrogens is 1. The predicted octanol–water partition coefficient (Wildman–Crippen LogP) is 1.43. The molecule has 0 saturated carbocycles. The monoisotopic (exact) mass is 299 g/mol. The first-order valence-corrected chi connectivity index (χ1v) is 7.08. The van der Waals surface area contributed by atoms with Crippen molar-refractivity contribution in [3.63, 3.8) is 0 Å². The minimum Gasteiger partial charge on any atom is -0.478 e. The number of aryl methyl sites for hydroxylation is 3. The largest absolute Gasteiger partial charge is 0.478 e. The number of furan rings is 1. The standard InChI is InChI=1S/C11H13N3O5S/c1-5-4-12-13-10(5)14-20(17,18)9-7(3)19-6(2)8(9)11(15)16/h4H,1-3H3,(H,15,16)(H2,12,13,14). The molecule has 20 heavy (non-hydrogen) atoms. The first-order valence-electron chi connectivity index (χ1n) is 5.60. The van der Waals surface area contributed by atoms with Crippen LogP contribution >= 0.6 is 0 Å². The molecule has 0 amide bonds. The molecule has 9 heteroatoms. The zero-order valence-corrected chi connectivity index (χ0v) is 11.8. The van der Waals surface area contributed by atoms with E-state index in [0.29, 0.717) is 5.56 Å². The number of anilines is 1. The smallest absolute Gasteiger partial charge is 0.340 e. The van der Waals surface area contributed by atoms with Crippen molar-refractivity contribution in [2.24, 2.45) is 0 Å². The van der Waals surface area contributed by atoms with Gasteiger partial charge in [-0.1, -0.05) is 0 Å². The van der Waals surface area contributed by atoms with Crippen LogP contribution in [-0.4, -0.2) is 29.7 Å². The van der Waals surface area contributed by atoms with Gasteiger partial charge in [0, 0.05) is 5.56 Å². The minimum atomic E-state index is -4.09. The highest BCUT2D eigenvalue weighted by Gasteiger charge is 2.31. The van der Waals surface area contributed by atoms with E-state index >= 15 is 0 Å². The van der Waals surface area contributed by atoms with Gasteiger partial charge in [0.25, 0.3) is 10.0 Å². The van der Waals surface area contributed by atoms with Crippen molar-refractivity contribution in [2.45, 2.75) is 25.7 Å². The molecule has 8 nitrogen and oxygen atoms in total. The average Bonchev–Trinajstić information content (AvgIpc) is 2.82. The lowest BCUT2D eigenvalue weighted by Crippen LogP contribution is -2.17. The highest BCUT2D eigenvalue weighted by molar-refractivity contribution is 7.92. The van der Waals surface area contributed by atoms with Crippen molar-refractivity contribution in [3.05, 3.63) is 28.8 Å². The molecule has 0 radical (unpaired) electrons. The summed E-state index contributed by atoms with van der Waals surface area (Å²) in [6, 6.07) is 0. The van der Waals surface area contributed by atoms with Crippen LogP contribution in [-0.2, 0) is 10.0 Å². The van der Waals surface area contributed by atoms with E-state index < -0.39 is 16.0 Å². The molecule has 108 valence electrons. The van der Waals surface area contributed by atoms with Crippen molar-refractivity contribution in [3.8, 4) is 0 Å². The Balaban J connectivity index is 2.56. The summed E-state index contributed by atoms with van der Waals surface area (Å²) >= 11 is 0. The molecule has 2 aromatic heterocycles. The maximum Gasteiger partial charge on any atom is 0.340 e. The Kier molecular flexibility index (Phi) is 3.30. The lowest BCUT2D eigenvalue weighted by molar-refractivity contribution is 0.0691. The molecule has 0 aromatic carbocycles. The summed E-state index contributed by atoms with van der Waals surface area (Å²) in [5.41, 5.74) is 0.218. The number of aromatic carboxylic acids is 1. The van der Waals surface area contributed by atoms with E-state index in [4.69, 9.17) is 9.52 Å². The van der Waals surface area contributed by atoms with Crippen LogP contribution in [0.15, 0.2) is 15.5 Å². The van der Waals surface area contributed by atoms with E-state index in [9.17, 15) is 13.2 Å². The molecule has 0 aliphatic rings. The maximum atomic E-state index is 12.3. The van der Waals surface area contributed by atoms with Gasteiger partial charge >= 0.3 is 5.97 Å². The summed E-state index contributed by atoms with van der Waals surface area (Å²) in [6.07, 6.45) is 1.45. The lowest BCUT2D eigenvalue weighted by Gasteiger charge is -2.07.